The first-order valence-corrected chi connectivity index (χ1v) is 15.3. The highest BCUT2D eigenvalue weighted by Gasteiger charge is 2.67. The van der Waals surface area contributed by atoms with Gasteiger partial charge in [0.1, 0.15) is 5.82 Å². The number of aromatic nitrogens is 6. The van der Waals surface area contributed by atoms with Gasteiger partial charge in [-0.1, -0.05) is 23.3 Å². The molecule has 2 aromatic carbocycles. The van der Waals surface area contributed by atoms with Gasteiger partial charge in [0.15, 0.2) is 11.3 Å². The SMILES string of the molecule is CN1C(=CC(=O)c2ccc(C#N)cc2)N([C@H]2[C@@H]3CN(c4nnnn4-c4ccccc4)C[C@@H]32)C(=O)C1(c1ccncc1)c1ccncc1. The first-order chi connectivity index (χ1) is 23.0. The maximum Gasteiger partial charge on any atom is 0.263 e. The zero-order chi connectivity index (χ0) is 32.1. The van der Waals surface area contributed by atoms with Crippen LogP contribution >= 0.6 is 0 Å². The molecule has 2 aliphatic heterocycles. The molecule has 0 unspecified atom stereocenters. The van der Waals surface area contributed by atoms with Gasteiger partial charge in [-0.15, -0.1) is 0 Å². The number of rotatable bonds is 7. The largest absolute Gasteiger partial charge is 0.339 e. The van der Waals surface area contributed by atoms with Crippen molar-refractivity contribution in [1.29, 1.82) is 5.26 Å². The quantitative estimate of drug-likeness (QED) is 0.197. The van der Waals surface area contributed by atoms with Crippen molar-refractivity contribution in [3.8, 4) is 11.8 Å². The first-order valence-electron chi connectivity index (χ1n) is 15.3. The number of pyridine rings is 2. The molecule has 2 saturated heterocycles. The van der Waals surface area contributed by atoms with Crippen molar-refractivity contribution in [3.63, 3.8) is 0 Å². The van der Waals surface area contributed by atoms with Gasteiger partial charge < -0.3 is 9.80 Å². The Bertz CT molecular complexity index is 1990. The molecule has 12 heteroatoms. The molecule has 5 aromatic rings. The zero-order valence-corrected chi connectivity index (χ0v) is 25.3. The number of anilines is 1. The van der Waals surface area contributed by atoms with Gasteiger partial charge in [-0.25, -0.2) is 0 Å². The Balaban J connectivity index is 1.18. The minimum Gasteiger partial charge on any atom is -0.339 e. The molecule has 1 saturated carbocycles. The maximum absolute atomic E-state index is 15.1. The van der Waals surface area contributed by atoms with Crippen LogP contribution in [-0.2, 0) is 10.3 Å². The molecule has 8 rings (SSSR count). The number of benzene rings is 2. The van der Waals surface area contributed by atoms with Crippen LogP contribution in [0.15, 0.2) is 116 Å². The highest BCUT2D eigenvalue weighted by Crippen LogP contribution is 2.56. The number of carbonyl (C=O) groups is 2. The van der Waals surface area contributed by atoms with Crippen LogP contribution in [-0.4, -0.2) is 77.8 Å². The molecule has 47 heavy (non-hydrogen) atoms. The molecule has 1 amide bonds. The predicted molar refractivity (Wildman–Crippen MR) is 170 cm³/mol. The van der Waals surface area contributed by atoms with E-state index in [1.54, 1.807) is 59.8 Å². The highest BCUT2D eigenvalue weighted by molar-refractivity contribution is 6.06. The topological polar surface area (TPSA) is 137 Å². The van der Waals surface area contributed by atoms with Gasteiger partial charge in [0.25, 0.3) is 5.91 Å². The van der Waals surface area contributed by atoms with E-state index in [0.29, 0.717) is 36.0 Å². The number of ketones is 1. The van der Waals surface area contributed by atoms with Gasteiger partial charge in [0.05, 0.1) is 17.3 Å². The summed E-state index contributed by atoms with van der Waals surface area (Å²) in [6.45, 7) is 1.31. The number of allylic oxidation sites excluding steroid dienone is 1. The molecular weight excluding hydrogens is 592 g/mol. The highest BCUT2D eigenvalue weighted by atomic mass is 16.2. The van der Waals surface area contributed by atoms with Crippen LogP contribution in [0.5, 0.6) is 0 Å². The first kappa shape index (κ1) is 28.3. The Morgan fingerprint density at radius 1 is 0.894 bits per heavy atom. The van der Waals surface area contributed by atoms with Gasteiger partial charge in [-0.05, 0) is 82.2 Å². The molecule has 230 valence electrons. The second kappa shape index (κ2) is 11.0. The average Bonchev–Trinajstić information content (AvgIpc) is 3.46. The van der Waals surface area contributed by atoms with Crippen molar-refractivity contribution in [2.45, 2.75) is 11.6 Å². The molecule has 0 N–H and O–H groups in total. The number of carbonyl (C=O) groups excluding carboxylic acids is 2. The lowest BCUT2D eigenvalue weighted by atomic mass is 9.82. The maximum atomic E-state index is 15.1. The summed E-state index contributed by atoms with van der Waals surface area (Å²) in [5, 5.41) is 21.8. The second-order valence-corrected chi connectivity index (χ2v) is 11.9. The van der Waals surface area contributed by atoms with E-state index in [0.717, 1.165) is 16.8 Å². The number of nitrogens with zero attached hydrogens (tertiary/aromatic N) is 10. The molecule has 3 aliphatic rings. The van der Waals surface area contributed by atoms with Crippen molar-refractivity contribution in [2.24, 2.45) is 11.8 Å². The van der Waals surface area contributed by atoms with E-state index in [1.165, 1.54) is 0 Å². The Morgan fingerprint density at radius 3 is 2.11 bits per heavy atom. The third-order valence-electron chi connectivity index (χ3n) is 9.56. The smallest absolute Gasteiger partial charge is 0.263 e. The Hall–Kier alpha value is -6.22. The summed E-state index contributed by atoms with van der Waals surface area (Å²) in [4.78, 5) is 43.2. The molecule has 0 radical (unpaired) electrons. The Morgan fingerprint density at radius 2 is 1.51 bits per heavy atom. The van der Waals surface area contributed by atoms with E-state index >= 15 is 4.79 Å². The molecule has 3 fully saturated rings. The van der Waals surface area contributed by atoms with E-state index in [2.05, 4.69) is 36.5 Å². The standard InChI is InChI=1S/C35H28N10O2/c1-42-31(19-30(46)24-9-7-23(20-36)8-10-24)44(33(47)35(42,25-11-15-37-16-12-25)26-13-17-38-18-14-26)32-28-21-43(22-29(28)32)34-39-40-41-45(34)27-5-3-2-4-6-27/h2-19,28-29,32H,21-22H2,1H3/t28-,29+,32+. The number of hydrogen-bond donors (Lipinski definition) is 0. The van der Waals surface area contributed by atoms with Crippen molar-refractivity contribution in [2.75, 3.05) is 25.0 Å². The second-order valence-electron chi connectivity index (χ2n) is 11.9. The molecule has 0 bridgehead atoms. The van der Waals surface area contributed by atoms with Crippen LogP contribution in [0.2, 0.25) is 0 Å². The van der Waals surface area contributed by atoms with Gasteiger partial charge in [0, 0.05) is 74.4 Å². The van der Waals surface area contributed by atoms with Crippen molar-refractivity contribution in [3.05, 3.63) is 138 Å². The van der Waals surface area contributed by atoms with Crippen molar-refractivity contribution >= 4 is 17.6 Å². The summed E-state index contributed by atoms with van der Waals surface area (Å²) >= 11 is 0. The third-order valence-corrected chi connectivity index (χ3v) is 9.56. The van der Waals surface area contributed by atoms with E-state index in [4.69, 9.17) is 0 Å². The Labute approximate surface area is 270 Å². The number of amides is 1. The minimum atomic E-state index is -1.25. The van der Waals surface area contributed by atoms with Crippen LogP contribution in [0.3, 0.4) is 0 Å². The number of tetrazole rings is 1. The summed E-state index contributed by atoms with van der Waals surface area (Å²) in [5.74, 6) is 1.06. The summed E-state index contributed by atoms with van der Waals surface area (Å²) < 4.78 is 1.73. The molecule has 3 aromatic heterocycles. The number of nitriles is 1. The molecule has 1 aliphatic carbocycles. The monoisotopic (exact) mass is 620 g/mol. The lowest BCUT2D eigenvalue weighted by molar-refractivity contribution is -0.132. The molecule has 0 spiro atoms. The number of para-hydroxylation sites is 1. The van der Waals surface area contributed by atoms with Crippen LogP contribution in [0.25, 0.3) is 5.69 Å². The van der Waals surface area contributed by atoms with E-state index in [9.17, 15) is 10.1 Å². The van der Waals surface area contributed by atoms with Gasteiger partial charge in [0.2, 0.25) is 5.95 Å². The summed E-state index contributed by atoms with van der Waals surface area (Å²) in [7, 11) is 1.86. The number of likely N-dealkylation sites (N-methyl/N-ethyl adjacent to an activating group) is 1. The fraction of sp³-hybridized carbons (Fsp3) is 0.200. The minimum absolute atomic E-state index is 0.132. The zero-order valence-electron chi connectivity index (χ0n) is 25.3. The molecular formula is C35H28N10O2. The van der Waals surface area contributed by atoms with Crippen molar-refractivity contribution < 1.29 is 9.59 Å². The third kappa shape index (κ3) is 4.39. The summed E-state index contributed by atoms with van der Waals surface area (Å²) in [6, 6.07) is 25.6. The average molecular weight is 621 g/mol. The molecule has 3 atom stereocenters. The van der Waals surface area contributed by atoms with Gasteiger partial charge in [-0.3, -0.25) is 24.5 Å². The predicted octanol–water partition coefficient (Wildman–Crippen LogP) is 3.20. The van der Waals surface area contributed by atoms with Crippen molar-refractivity contribution in [1.82, 2.24) is 40.0 Å². The van der Waals surface area contributed by atoms with E-state index in [1.807, 2.05) is 71.4 Å². The lowest BCUT2D eigenvalue weighted by Gasteiger charge is -2.35. The normalized spacial score (nSPS) is 22.0. The Kier molecular flexibility index (Phi) is 6.61. The van der Waals surface area contributed by atoms with Crippen LogP contribution < -0.4 is 4.90 Å². The van der Waals surface area contributed by atoms with Crippen LogP contribution in [0.4, 0.5) is 5.95 Å². The molecule has 5 heterocycles. The number of hydrogen-bond acceptors (Lipinski definition) is 10. The van der Waals surface area contributed by atoms with Crippen LogP contribution in [0, 0.1) is 23.2 Å². The fourth-order valence-electron chi connectivity index (χ4n) is 7.26. The molecule has 12 nitrogen and oxygen atoms in total. The van der Waals surface area contributed by atoms with E-state index < -0.39 is 5.54 Å². The summed E-state index contributed by atoms with van der Waals surface area (Å²) in [5.41, 5.74) is 1.98. The van der Waals surface area contributed by atoms with E-state index in [-0.39, 0.29) is 29.6 Å². The van der Waals surface area contributed by atoms with Gasteiger partial charge in [-0.2, -0.15) is 9.94 Å². The number of fused-ring (bicyclic) bond motifs is 1. The van der Waals surface area contributed by atoms with Gasteiger partial charge >= 0.3 is 0 Å². The summed E-state index contributed by atoms with van der Waals surface area (Å²) in [6.07, 6.45) is 8.25. The fourth-order valence-corrected chi connectivity index (χ4v) is 7.26. The van der Waals surface area contributed by atoms with Crippen LogP contribution in [0.1, 0.15) is 27.0 Å². The lowest BCUT2D eigenvalue weighted by Crippen LogP contribution is -2.46. The number of piperidine rings is 1.